The Bertz CT molecular complexity index is 798. The number of benzene rings is 2. The molecule has 1 aliphatic heterocycles. The van der Waals surface area contributed by atoms with Crippen molar-refractivity contribution in [3.63, 3.8) is 0 Å². The van der Waals surface area contributed by atoms with Crippen LogP contribution in [0.3, 0.4) is 0 Å². The van der Waals surface area contributed by atoms with Crippen LogP contribution >= 0.6 is 11.6 Å². The highest BCUT2D eigenvalue weighted by Crippen LogP contribution is 2.33. The van der Waals surface area contributed by atoms with E-state index in [-0.39, 0.29) is 0 Å². The van der Waals surface area contributed by atoms with E-state index < -0.39 is 0 Å². The van der Waals surface area contributed by atoms with Gasteiger partial charge in [0.05, 0.1) is 17.4 Å². The van der Waals surface area contributed by atoms with E-state index >= 15 is 0 Å². The lowest BCUT2D eigenvalue weighted by atomic mass is 10.2. The molecule has 1 aliphatic rings. The lowest BCUT2D eigenvalue weighted by Crippen LogP contribution is -1.97. The van der Waals surface area contributed by atoms with Crippen LogP contribution in [0.5, 0.6) is 11.5 Å². The van der Waals surface area contributed by atoms with Gasteiger partial charge in [0.2, 0.25) is 6.79 Å². The van der Waals surface area contributed by atoms with Crippen molar-refractivity contribution in [2.24, 2.45) is 0 Å². The summed E-state index contributed by atoms with van der Waals surface area (Å²) in [6, 6.07) is 11.7. The number of hydrogen-bond acceptors (Lipinski definition) is 3. The molecule has 2 heterocycles. The minimum absolute atomic E-state index is 0.294. The second kappa shape index (κ2) is 4.42. The van der Waals surface area contributed by atoms with Crippen molar-refractivity contribution < 1.29 is 9.47 Å². The minimum Gasteiger partial charge on any atom is -0.454 e. The van der Waals surface area contributed by atoms with Gasteiger partial charge in [-0.05, 0) is 35.9 Å². The number of imidazole rings is 1. The molecule has 2 aromatic carbocycles. The Kier molecular flexibility index (Phi) is 2.57. The molecular weight excluding hydrogens is 276 g/mol. The van der Waals surface area contributed by atoms with Crippen LogP contribution < -0.4 is 9.47 Å². The molecule has 1 aromatic heterocycles. The van der Waals surface area contributed by atoms with Crippen LogP contribution in [0, 0.1) is 0 Å². The molecule has 0 fully saturated rings. The van der Waals surface area contributed by atoms with E-state index in [9.17, 15) is 0 Å². The Labute approximate surface area is 120 Å². The standard InChI is InChI=1S/C15H11ClN2O2/c16-11-2-3-12-13(6-11)18(8-17-12)7-10-1-4-14-15(5-10)20-9-19-14/h1-6,8H,7,9H2. The summed E-state index contributed by atoms with van der Waals surface area (Å²) in [5.74, 6) is 1.59. The number of hydrogen-bond donors (Lipinski definition) is 0. The SMILES string of the molecule is Clc1ccc2ncn(Cc3ccc4c(c3)OCO4)c2c1. The van der Waals surface area contributed by atoms with Gasteiger partial charge < -0.3 is 14.0 Å². The summed E-state index contributed by atoms with van der Waals surface area (Å²) < 4.78 is 12.8. The van der Waals surface area contributed by atoms with Crippen molar-refractivity contribution in [2.45, 2.75) is 6.54 Å². The monoisotopic (exact) mass is 286 g/mol. The van der Waals surface area contributed by atoms with Crippen molar-refractivity contribution in [3.05, 3.63) is 53.3 Å². The second-order valence-corrected chi connectivity index (χ2v) is 5.13. The molecule has 0 N–H and O–H groups in total. The van der Waals surface area contributed by atoms with E-state index in [1.165, 1.54) is 0 Å². The fourth-order valence-corrected chi connectivity index (χ4v) is 2.56. The Morgan fingerprint density at radius 1 is 1.10 bits per heavy atom. The predicted molar refractivity (Wildman–Crippen MR) is 76.4 cm³/mol. The fraction of sp³-hybridized carbons (Fsp3) is 0.133. The molecule has 0 aliphatic carbocycles. The van der Waals surface area contributed by atoms with Crippen LogP contribution in [0.2, 0.25) is 5.02 Å². The lowest BCUT2D eigenvalue weighted by Gasteiger charge is -2.06. The third kappa shape index (κ3) is 1.89. The van der Waals surface area contributed by atoms with Crippen molar-refractivity contribution >= 4 is 22.6 Å². The van der Waals surface area contributed by atoms with Gasteiger partial charge in [-0.1, -0.05) is 17.7 Å². The number of aromatic nitrogens is 2. The van der Waals surface area contributed by atoms with E-state index in [1.54, 1.807) is 0 Å². The molecule has 0 unspecified atom stereocenters. The number of rotatable bonds is 2. The first-order valence-electron chi connectivity index (χ1n) is 6.28. The van der Waals surface area contributed by atoms with Crippen LogP contribution in [0.1, 0.15) is 5.56 Å². The van der Waals surface area contributed by atoms with E-state index in [2.05, 4.69) is 9.55 Å². The van der Waals surface area contributed by atoms with Gasteiger partial charge in [-0.3, -0.25) is 0 Å². The quantitative estimate of drug-likeness (QED) is 0.724. The maximum atomic E-state index is 6.05. The van der Waals surface area contributed by atoms with Gasteiger partial charge in [0.25, 0.3) is 0 Å². The summed E-state index contributed by atoms with van der Waals surface area (Å²) in [4.78, 5) is 4.38. The number of fused-ring (bicyclic) bond motifs is 2. The largest absolute Gasteiger partial charge is 0.454 e. The van der Waals surface area contributed by atoms with Crippen molar-refractivity contribution in [1.29, 1.82) is 0 Å². The third-order valence-electron chi connectivity index (χ3n) is 3.37. The first-order valence-corrected chi connectivity index (χ1v) is 6.66. The Morgan fingerprint density at radius 2 is 2.00 bits per heavy atom. The Balaban J connectivity index is 1.72. The molecule has 4 rings (SSSR count). The summed E-state index contributed by atoms with van der Waals surface area (Å²) in [7, 11) is 0. The second-order valence-electron chi connectivity index (χ2n) is 4.69. The topological polar surface area (TPSA) is 36.3 Å². The molecule has 20 heavy (non-hydrogen) atoms. The highest BCUT2D eigenvalue weighted by Gasteiger charge is 2.13. The highest BCUT2D eigenvalue weighted by molar-refractivity contribution is 6.31. The molecule has 100 valence electrons. The maximum Gasteiger partial charge on any atom is 0.231 e. The summed E-state index contributed by atoms with van der Waals surface area (Å²) in [6.45, 7) is 1.01. The zero-order valence-corrected chi connectivity index (χ0v) is 11.3. The summed E-state index contributed by atoms with van der Waals surface area (Å²) in [5.41, 5.74) is 3.10. The lowest BCUT2D eigenvalue weighted by molar-refractivity contribution is 0.174. The van der Waals surface area contributed by atoms with Crippen LogP contribution in [0.15, 0.2) is 42.7 Å². The molecule has 0 saturated heterocycles. The molecule has 3 aromatic rings. The van der Waals surface area contributed by atoms with E-state index in [0.29, 0.717) is 18.4 Å². The molecule has 0 saturated carbocycles. The molecule has 0 spiro atoms. The first kappa shape index (κ1) is 11.6. The maximum absolute atomic E-state index is 6.05. The fourth-order valence-electron chi connectivity index (χ4n) is 2.39. The molecule has 0 radical (unpaired) electrons. The van der Waals surface area contributed by atoms with E-state index in [4.69, 9.17) is 21.1 Å². The molecule has 0 amide bonds. The van der Waals surface area contributed by atoms with Gasteiger partial charge in [-0.2, -0.15) is 0 Å². The summed E-state index contributed by atoms with van der Waals surface area (Å²) in [5, 5.41) is 0.713. The van der Waals surface area contributed by atoms with E-state index in [0.717, 1.165) is 28.1 Å². The van der Waals surface area contributed by atoms with Crippen LogP contribution in [-0.4, -0.2) is 16.3 Å². The number of halogens is 1. The van der Waals surface area contributed by atoms with Gasteiger partial charge >= 0.3 is 0 Å². The number of nitrogens with zero attached hydrogens (tertiary/aromatic N) is 2. The van der Waals surface area contributed by atoms with Gasteiger partial charge in [0.1, 0.15) is 0 Å². The van der Waals surface area contributed by atoms with Crippen LogP contribution in [0.4, 0.5) is 0 Å². The molecule has 5 heteroatoms. The normalized spacial score (nSPS) is 13.1. The van der Waals surface area contributed by atoms with Gasteiger partial charge in [0.15, 0.2) is 11.5 Å². The third-order valence-corrected chi connectivity index (χ3v) is 3.61. The summed E-state index contributed by atoms with van der Waals surface area (Å²) >= 11 is 6.05. The van der Waals surface area contributed by atoms with Gasteiger partial charge in [-0.25, -0.2) is 4.98 Å². The molecular formula is C15H11ClN2O2. The highest BCUT2D eigenvalue weighted by atomic mass is 35.5. The Hall–Kier alpha value is -2.20. The molecule has 0 atom stereocenters. The van der Waals surface area contributed by atoms with Crippen molar-refractivity contribution in [1.82, 2.24) is 9.55 Å². The Morgan fingerprint density at radius 3 is 2.95 bits per heavy atom. The smallest absolute Gasteiger partial charge is 0.231 e. The first-order chi connectivity index (χ1) is 9.79. The summed E-state index contributed by atoms with van der Waals surface area (Å²) in [6.07, 6.45) is 1.82. The minimum atomic E-state index is 0.294. The number of ether oxygens (including phenoxy) is 2. The van der Waals surface area contributed by atoms with Gasteiger partial charge in [0, 0.05) is 11.6 Å². The zero-order valence-electron chi connectivity index (χ0n) is 10.5. The average Bonchev–Trinajstić information content (AvgIpc) is 3.05. The van der Waals surface area contributed by atoms with Crippen LogP contribution in [-0.2, 0) is 6.54 Å². The van der Waals surface area contributed by atoms with Crippen molar-refractivity contribution in [2.75, 3.05) is 6.79 Å². The van der Waals surface area contributed by atoms with Gasteiger partial charge in [-0.15, -0.1) is 0 Å². The molecule has 4 nitrogen and oxygen atoms in total. The van der Waals surface area contributed by atoms with E-state index in [1.807, 2.05) is 42.7 Å². The average molecular weight is 287 g/mol. The van der Waals surface area contributed by atoms with Crippen molar-refractivity contribution in [3.8, 4) is 11.5 Å². The molecule has 0 bridgehead atoms. The zero-order chi connectivity index (χ0) is 13.5. The van der Waals surface area contributed by atoms with Crippen LogP contribution in [0.25, 0.3) is 11.0 Å². The predicted octanol–water partition coefficient (Wildman–Crippen LogP) is 3.47.